The van der Waals surface area contributed by atoms with Crippen LogP contribution in [-0.2, 0) is 6.42 Å². The van der Waals surface area contributed by atoms with E-state index in [0.29, 0.717) is 0 Å². The Kier molecular flexibility index (Phi) is 7.25. The second-order valence-corrected chi connectivity index (χ2v) is 5.34. The van der Waals surface area contributed by atoms with Crippen LogP contribution in [0, 0.1) is 5.82 Å². The van der Waals surface area contributed by atoms with E-state index in [1.54, 1.807) is 6.07 Å². The Labute approximate surface area is 111 Å². The molecule has 0 saturated carbocycles. The fourth-order valence-electron chi connectivity index (χ4n) is 1.82. The molecular formula is C14H19F3S. The number of aryl methyl sites for hydroxylation is 1. The van der Waals surface area contributed by atoms with Crippen LogP contribution in [-0.4, -0.2) is 5.76 Å². The smallest absolute Gasteiger partial charge is 0.206 e. The van der Waals surface area contributed by atoms with E-state index in [4.69, 9.17) is 0 Å². The highest BCUT2D eigenvalue weighted by Crippen LogP contribution is 2.28. The number of benzene rings is 1. The van der Waals surface area contributed by atoms with Gasteiger partial charge in [0.15, 0.2) is 0 Å². The van der Waals surface area contributed by atoms with Gasteiger partial charge in [0.2, 0.25) is 0 Å². The van der Waals surface area contributed by atoms with Gasteiger partial charge in [0, 0.05) is 4.90 Å². The third kappa shape index (κ3) is 5.80. The van der Waals surface area contributed by atoms with Crippen LogP contribution in [0.3, 0.4) is 0 Å². The van der Waals surface area contributed by atoms with Gasteiger partial charge >= 0.3 is 0 Å². The number of hydrogen-bond donors (Lipinski definition) is 0. The monoisotopic (exact) mass is 276 g/mol. The molecule has 0 unspecified atom stereocenters. The third-order valence-corrected chi connectivity index (χ3v) is 3.54. The molecule has 0 nitrogen and oxygen atoms in total. The number of halogens is 3. The van der Waals surface area contributed by atoms with Crippen LogP contribution in [0.5, 0.6) is 0 Å². The Balaban J connectivity index is 2.41. The standard InChI is InChI=1S/C14H19F3S/c1-2-3-4-5-6-7-11-8-9-13(12(15)10-11)18-14(16)17/h8-10,14H,2-7H2,1H3. The molecule has 0 heterocycles. The van der Waals surface area contributed by atoms with E-state index >= 15 is 0 Å². The number of hydrogen-bond acceptors (Lipinski definition) is 1. The number of unbranched alkanes of at least 4 members (excludes halogenated alkanes) is 4. The molecule has 4 heteroatoms. The maximum Gasteiger partial charge on any atom is 0.289 e. The van der Waals surface area contributed by atoms with E-state index in [2.05, 4.69) is 6.92 Å². The largest absolute Gasteiger partial charge is 0.289 e. The number of rotatable bonds is 8. The second kappa shape index (κ2) is 8.46. The molecule has 0 aliphatic rings. The van der Waals surface area contributed by atoms with Crippen LogP contribution in [0.25, 0.3) is 0 Å². The average molecular weight is 276 g/mol. The molecule has 0 spiro atoms. The molecule has 102 valence electrons. The SMILES string of the molecule is CCCCCCCc1ccc(SC(F)F)c(F)c1. The van der Waals surface area contributed by atoms with Gasteiger partial charge in [-0.05, 0) is 30.5 Å². The molecule has 0 aliphatic carbocycles. The molecule has 0 bridgehead atoms. The minimum Gasteiger partial charge on any atom is -0.206 e. The van der Waals surface area contributed by atoms with E-state index in [-0.39, 0.29) is 16.7 Å². The Hall–Kier alpha value is -0.640. The highest BCUT2D eigenvalue weighted by molar-refractivity contribution is 7.99. The fourth-order valence-corrected chi connectivity index (χ4v) is 2.33. The molecule has 1 aromatic rings. The second-order valence-electron chi connectivity index (χ2n) is 4.31. The van der Waals surface area contributed by atoms with Crippen LogP contribution in [0.4, 0.5) is 13.2 Å². The summed E-state index contributed by atoms with van der Waals surface area (Å²) in [4.78, 5) is 0.0275. The topological polar surface area (TPSA) is 0 Å². The lowest BCUT2D eigenvalue weighted by Crippen LogP contribution is -1.91. The van der Waals surface area contributed by atoms with Gasteiger partial charge in [-0.2, -0.15) is 8.78 Å². The van der Waals surface area contributed by atoms with Crippen LogP contribution >= 0.6 is 11.8 Å². The zero-order valence-corrected chi connectivity index (χ0v) is 11.4. The van der Waals surface area contributed by atoms with Crippen molar-refractivity contribution in [3.8, 4) is 0 Å². The number of alkyl halides is 2. The Morgan fingerprint density at radius 1 is 1.11 bits per heavy atom. The van der Waals surface area contributed by atoms with Gasteiger partial charge in [0.1, 0.15) is 5.82 Å². The van der Waals surface area contributed by atoms with Crippen molar-refractivity contribution >= 4 is 11.8 Å². The van der Waals surface area contributed by atoms with Crippen molar-refractivity contribution in [3.05, 3.63) is 29.6 Å². The summed E-state index contributed by atoms with van der Waals surface area (Å²) in [5, 5.41) is 0. The summed E-state index contributed by atoms with van der Waals surface area (Å²) in [5.74, 6) is -3.11. The zero-order valence-electron chi connectivity index (χ0n) is 10.6. The van der Waals surface area contributed by atoms with E-state index < -0.39 is 11.6 Å². The first-order valence-electron chi connectivity index (χ1n) is 6.36. The van der Waals surface area contributed by atoms with Gasteiger partial charge in [-0.1, -0.05) is 50.4 Å². The van der Waals surface area contributed by atoms with Gasteiger partial charge in [-0.15, -0.1) is 0 Å². The van der Waals surface area contributed by atoms with Crippen LogP contribution in [0.15, 0.2) is 23.1 Å². The Morgan fingerprint density at radius 2 is 1.83 bits per heavy atom. The molecule has 0 radical (unpaired) electrons. The predicted octanol–water partition coefficient (Wildman–Crippen LogP) is 5.65. The van der Waals surface area contributed by atoms with Crippen molar-refractivity contribution in [2.24, 2.45) is 0 Å². The first-order chi connectivity index (χ1) is 8.63. The highest BCUT2D eigenvalue weighted by Gasteiger charge is 2.10. The maximum atomic E-state index is 13.5. The highest BCUT2D eigenvalue weighted by atomic mass is 32.2. The molecule has 18 heavy (non-hydrogen) atoms. The lowest BCUT2D eigenvalue weighted by Gasteiger charge is -2.05. The van der Waals surface area contributed by atoms with Crippen molar-refractivity contribution in [1.82, 2.24) is 0 Å². The summed E-state index contributed by atoms with van der Waals surface area (Å²) in [6.45, 7) is 2.16. The molecular weight excluding hydrogens is 257 g/mol. The molecule has 1 rings (SSSR count). The van der Waals surface area contributed by atoms with E-state index in [9.17, 15) is 13.2 Å². The van der Waals surface area contributed by atoms with Gasteiger partial charge in [-0.25, -0.2) is 4.39 Å². The van der Waals surface area contributed by atoms with Crippen LogP contribution < -0.4 is 0 Å². The minimum atomic E-state index is -2.57. The van der Waals surface area contributed by atoms with Gasteiger partial charge in [0.05, 0.1) is 0 Å². The third-order valence-electron chi connectivity index (χ3n) is 2.78. The van der Waals surface area contributed by atoms with Gasteiger partial charge < -0.3 is 0 Å². The number of thioether (sulfide) groups is 1. The molecule has 0 N–H and O–H groups in total. The summed E-state index contributed by atoms with van der Waals surface area (Å²) in [6.07, 6.45) is 6.63. The van der Waals surface area contributed by atoms with Crippen LogP contribution in [0.1, 0.15) is 44.6 Å². The van der Waals surface area contributed by atoms with Gasteiger partial charge in [-0.3, -0.25) is 0 Å². The van der Waals surface area contributed by atoms with Crippen molar-refractivity contribution in [3.63, 3.8) is 0 Å². The molecule has 0 amide bonds. The van der Waals surface area contributed by atoms with Crippen molar-refractivity contribution in [1.29, 1.82) is 0 Å². The summed E-state index contributed by atoms with van der Waals surface area (Å²) < 4.78 is 37.7. The van der Waals surface area contributed by atoms with Crippen molar-refractivity contribution < 1.29 is 13.2 Å². The first kappa shape index (κ1) is 15.4. The summed E-state index contributed by atoms with van der Waals surface area (Å²) >= 11 is 0.260. The quantitative estimate of drug-likeness (QED) is 0.436. The van der Waals surface area contributed by atoms with E-state index in [1.807, 2.05) is 0 Å². The predicted molar refractivity (Wildman–Crippen MR) is 70.7 cm³/mol. The molecule has 0 aromatic heterocycles. The Bertz CT molecular complexity index is 353. The molecule has 1 aromatic carbocycles. The average Bonchev–Trinajstić information content (AvgIpc) is 2.32. The maximum absolute atomic E-state index is 13.5. The van der Waals surface area contributed by atoms with Crippen LogP contribution in [0.2, 0.25) is 0 Å². The van der Waals surface area contributed by atoms with E-state index in [1.165, 1.54) is 31.4 Å². The lowest BCUT2D eigenvalue weighted by molar-refractivity contribution is 0.251. The first-order valence-corrected chi connectivity index (χ1v) is 7.24. The minimum absolute atomic E-state index is 0.0275. The molecule has 0 aliphatic heterocycles. The molecule has 0 saturated heterocycles. The molecule has 0 fully saturated rings. The molecule has 0 atom stereocenters. The zero-order chi connectivity index (χ0) is 13.4. The summed E-state index contributed by atoms with van der Waals surface area (Å²) in [6, 6.07) is 4.58. The van der Waals surface area contributed by atoms with Gasteiger partial charge in [0.25, 0.3) is 5.76 Å². The summed E-state index contributed by atoms with van der Waals surface area (Å²) in [7, 11) is 0. The normalized spacial score (nSPS) is 11.2. The van der Waals surface area contributed by atoms with E-state index in [0.717, 1.165) is 24.8 Å². The fraction of sp³-hybridized carbons (Fsp3) is 0.571. The lowest BCUT2D eigenvalue weighted by atomic mass is 10.1. The summed E-state index contributed by atoms with van der Waals surface area (Å²) in [5.41, 5.74) is 0.891. The van der Waals surface area contributed by atoms with Crippen molar-refractivity contribution in [2.75, 3.05) is 0 Å². The Morgan fingerprint density at radius 3 is 2.44 bits per heavy atom. The van der Waals surface area contributed by atoms with Crippen molar-refractivity contribution in [2.45, 2.75) is 56.1 Å².